The number of amides is 1. The summed E-state index contributed by atoms with van der Waals surface area (Å²) in [4.78, 5) is 12.4. The van der Waals surface area contributed by atoms with E-state index >= 15 is 0 Å². The molecule has 0 heterocycles. The van der Waals surface area contributed by atoms with E-state index in [2.05, 4.69) is 27.9 Å². The molecule has 0 saturated carbocycles. The summed E-state index contributed by atoms with van der Waals surface area (Å²) in [5.41, 5.74) is 2.29. The Morgan fingerprint density at radius 3 is 2.47 bits per heavy atom. The highest BCUT2D eigenvalue weighted by atomic mass is 127. The van der Waals surface area contributed by atoms with Crippen LogP contribution in [0.15, 0.2) is 72.3 Å². The first-order valence-electron chi connectivity index (χ1n) is 8.81. The monoisotopic (exact) mass is 548 g/mol. The molecule has 0 unspecified atom stereocenters. The maximum atomic E-state index is 12.4. The summed E-state index contributed by atoms with van der Waals surface area (Å²) in [5, 5.41) is 13.1. The summed E-state index contributed by atoms with van der Waals surface area (Å²) in [6, 6.07) is 21.8. The number of para-hydroxylation sites is 1. The molecule has 3 rings (SSSR count). The molecular formula is C23H15Cl2IN2O2. The molecule has 150 valence electrons. The van der Waals surface area contributed by atoms with Crippen LogP contribution in [0.5, 0.6) is 5.75 Å². The van der Waals surface area contributed by atoms with Crippen molar-refractivity contribution in [3.63, 3.8) is 0 Å². The Hall–Kier alpha value is -2.53. The summed E-state index contributed by atoms with van der Waals surface area (Å²) in [6.07, 6.45) is 1.54. The third-order valence-corrected chi connectivity index (χ3v) is 5.75. The number of nitriles is 1. The summed E-state index contributed by atoms with van der Waals surface area (Å²) in [7, 11) is 0. The van der Waals surface area contributed by atoms with Gasteiger partial charge >= 0.3 is 0 Å². The fraction of sp³-hybridized carbons (Fsp3) is 0.0435. The second-order valence-corrected chi connectivity index (χ2v) is 8.19. The lowest BCUT2D eigenvalue weighted by Gasteiger charge is -2.08. The molecule has 0 spiro atoms. The Kier molecular flexibility index (Phi) is 7.75. The van der Waals surface area contributed by atoms with Gasteiger partial charge in [0.1, 0.15) is 24.0 Å². The van der Waals surface area contributed by atoms with E-state index in [-0.39, 0.29) is 5.57 Å². The van der Waals surface area contributed by atoms with Gasteiger partial charge in [-0.3, -0.25) is 4.79 Å². The molecule has 0 fully saturated rings. The molecule has 30 heavy (non-hydrogen) atoms. The molecule has 0 aromatic heterocycles. The minimum absolute atomic E-state index is 0.0131. The van der Waals surface area contributed by atoms with Crippen LogP contribution in [-0.2, 0) is 11.4 Å². The molecule has 7 heteroatoms. The summed E-state index contributed by atoms with van der Waals surface area (Å²) >= 11 is 14.1. The van der Waals surface area contributed by atoms with Crippen molar-refractivity contribution >= 4 is 63.5 Å². The SMILES string of the molecule is N#C/C(=C\c1ccc(OCc2ccc(Cl)c(Cl)c2)cc1)C(=O)Nc1ccccc1I. The number of carbonyl (C=O) groups excluding carboxylic acids is 1. The molecule has 0 saturated heterocycles. The Morgan fingerprint density at radius 1 is 1.07 bits per heavy atom. The van der Waals surface area contributed by atoms with Crippen LogP contribution in [-0.4, -0.2) is 5.91 Å². The van der Waals surface area contributed by atoms with Crippen molar-refractivity contribution in [1.29, 1.82) is 5.26 Å². The molecule has 1 N–H and O–H groups in total. The van der Waals surface area contributed by atoms with Gasteiger partial charge in [0.2, 0.25) is 0 Å². The zero-order valence-corrected chi connectivity index (χ0v) is 19.2. The van der Waals surface area contributed by atoms with E-state index in [1.807, 2.05) is 30.3 Å². The van der Waals surface area contributed by atoms with Gasteiger partial charge in [0.15, 0.2) is 0 Å². The van der Waals surface area contributed by atoms with Gasteiger partial charge in [0.05, 0.1) is 15.7 Å². The molecule has 0 aliphatic rings. The Balaban J connectivity index is 1.66. The number of nitrogens with zero attached hydrogens (tertiary/aromatic N) is 1. The largest absolute Gasteiger partial charge is 0.489 e. The molecule has 4 nitrogen and oxygen atoms in total. The molecule has 0 radical (unpaired) electrons. The van der Waals surface area contributed by atoms with Crippen LogP contribution in [0.3, 0.4) is 0 Å². The number of hydrogen-bond acceptors (Lipinski definition) is 3. The number of carbonyl (C=O) groups is 1. The normalized spacial score (nSPS) is 10.9. The van der Waals surface area contributed by atoms with Gasteiger partial charge in [-0.1, -0.05) is 53.5 Å². The first kappa shape index (κ1) is 22.2. The number of nitrogens with one attached hydrogen (secondary N) is 1. The van der Waals surface area contributed by atoms with Crippen LogP contribution in [0.25, 0.3) is 6.08 Å². The van der Waals surface area contributed by atoms with E-state index in [9.17, 15) is 10.1 Å². The Labute approximate surface area is 198 Å². The van der Waals surface area contributed by atoms with Gasteiger partial charge in [0.25, 0.3) is 5.91 Å². The number of halogens is 3. The zero-order valence-electron chi connectivity index (χ0n) is 15.5. The van der Waals surface area contributed by atoms with Crippen molar-refractivity contribution in [3.8, 4) is 11.8 Å². The van der Waals surface area contributed by atoms with E-state index in [4.69, 9.17) is 27.9 Å². The lowest BCUT2D eigenvalue weighted by Crippen LogP contribution is -2.14. The topological polar surface area (TPSA) is 62.1 Å². The van der Waals surface area contributed by atoms with Crippen LogP contribution in [0.2, 0.25) is 10.0 Å². The number of anilines is 1. The van der Waals surface area contributed by atoms with Crippen molar-refractivity contribution < 1.29 is 9.53 Å². The van der Waals surface area contributed by atoms with E-state index in [0.29, 0.717) is 33.7 Å². The van der Waals surface area contributed by atoms with Gasteiger partial charge in [-0.2, -0.15) is 5.26 Å². The number of benzene rings is 3. The fourth-order valence-electron chi connectivity index (χ4n) is 2.52. The minimum Gasteiger partial charge on any atom is -0.489 e. The van der Waals surface area contributed by atoms with Gasteiger partial charge in [-0.25, -0.2) is 0 Å². The third kappa shape index (κ3) is 5.99. The van der Waals surface area contributed by atoms with Crippen molar-refractivity contribution in [2.45, 2.75) is 6.61 Å². The Morgan fingerprint density at radius 2 is 1.80 bits per heavy atom. The van der Waals surface area contributed by atoms with Crippen LogP contribution in [0.1, 0.15) is 11.1 Å². The van der Waals surface area contributed by atoms with Crippen molar-refractivity contribution in [3.05, 3.63) is 97.0 Å². The molecule has 0 aliphatic carbocycles. The average Bonchev–Trinajstić information content (AvgIpc) is 2.75. The van der Waals surface area contributed by atoms with Crippen LogP contribution in [0, 0.1) is 14.9 Å². The van der Waals surface area contributed by atoms with Gasteiger partial charge in [-0.15, -0.1) is 0 Å². The number of hydrogen-bond donors (Lipinski definition) is 1. The van der Waals surface area contributed by atoms with Gasteiger partial charge < -0.3 is 10.1 Å². The summed E-state index contributed by atoms with van der Waals surface area (Å²) in [5.74, 6) is 0.196. The molecule has 0 aliphatic heterocycles. The highest BCUT2D eigenvalue weighted by Gasteiger charge is 2.11. The van der Waals surface area contributed by atoms with Gasteiger partial charge in [0, 0.05) is 3.57 Å². The average molecular weight is 549 g/mol. The highest BCUT2D eigenvalue weighted by Crippen LogP contribution is 2.24. The predicted octanol–water partition coefficient (Wildman–Crippen LogP) is 6.72. The van der Waals surface area contributed by atoms with E-state index in [1.165, 1.54) is 6.08 Å². The van der Waals surface area contributed by atoms with E-state index in [1.54, 1.807) is 42.5 Å². The first-order valence-corrected chi connectivity index (χ1v) is 10.6. The maximum Gasteiger partial charge on any atom is 0.266 e. The maximum absolute atomic E-state index is 12.4. The van der Waals surface area contributed by atoms with Gasteiger partial charge in [-0.05, 0) is 76.2 Å². The van der Waals surface area contributed by atoms with Crippen molar-refractivity contribution in [1.82, 2.24) is 0 Å². The molecule has 0 bridgehead atoms. The lowest BCUT2D eigenvalue weighted by molar-refractivity contribution is -0.112. The molecule has 0 atom stereocenters. The zero-order chi connectivity index (χ0) is 21.5. The van der Waals surface area contributed by atoms with Crippen molar-refractivity contribution in [2.75, 3.05) is 5.32 Å². The standard InChI is InChI=1S/C23H15Cl2IN2O2/c24-19-10-7-16(12-20(19)25)14-30-18-8-5-15(6-9-18)11-17(13-27)23(29)28-22-4-2-1-3-21(22)26/h1-12H,14H2,(H,28,29)/b17-11+. The van der Waals surface area contributed by atoms with E-state index < -0.39 is 5.91 Å². The van der Waals surface area contributed by atoms with Crippen LogP contribution >= 0.6 is 45.8 Å². The lowest BCUT2D eigenvalue weighted by atomic mass is 10.1. The minimum atomic E-state index is -0.457. The van der Waals surface area contributed by atoms with E-state index in [0.717, 1.165) is 9.13 Å². The molecule has 3 aromatic carbocycles. The Bertz CT molecular complexity index is 1140. The summed E-state index contributed by atoms with van der Waals surface area (Å²) < 4.78 is 6.64. The second kappa shape index (κ2) is 10.5. The quantitative estimate of drug-likeness (QED) is 0.211. The second-order valence-electron chi connectivity index (χ2n) is 6.21. The third-order valence-electron chi connectivity index (χ3n) is 4.07. The number of rotatable bonds is 6. The fourth-order valence-corrected chi connectivity index (χ4v) is 3.37. The number of ether oxygens (including phenoxy) is 1. The molecule has 1 amide bonds. The predicted molar refractivity (Wildman–Crippen MR) is 129 cm³/mol. The van der Waals surface area contributed by atoms with Crippen LogP contribution < -0.4 is 10.1 Å². The summed E-state index contributed by atoms with van der Waals surface area (Å²) in [6.45, 7) is 0.341. The van der Waals surface area contributed by atoms with Crippen LogP contribution in [0.4, 0.5) is 5.69 Å². The highest BCUT2D eigenvalue weighted by molar-refractivity contribution is 14.1. The molecule has 3 aromatic rings. The van der Waals surface area contributed by atoms with Crippen molar-refractivity contribution in [2.24, 2.45) is 0 Å². The smallest absolute Gasteiger partial charge is 0.266 e. The first-order chi connectivity index (χ1) is 14.5. The molecular weight excluding hydrogens is 534 g/mol.